The van der Waals surface area contributed by atoms with Crippen LogP contribution in [0.5, 0.6) is 0 Å². The van der Waals surface area contributed by atoms with E-state index in [0.717, 1.165) is 11.3 Å². The molecular weight excluding hydrogens is 236 g/mol. The molecule has 0 saturated carbocycles. The molecule has 1 aromatic carbocycles. The lowest BCUT2D eigenvalue weighted by atomic mass is 10.1. The molecule has 0 bridgehead atoms. The van der Waals surface area contributed by atoms with Gasteiger partial charge in [0, 0.05) is 17.8 Å². The van der Waals surface area contributed by atoms with Gasteiger partial charge in [-0.15, -0.1) is 10.1 Å². The molecule has 2 aromatic heterocycles. The molecule has 0 amide bonds. The minimum Gasteiger partial charge on any atom is -0.362 e. The van der Waals surface area contributed by atoms with Crippen LogP contribution in [-0.4, -0.2) is 9.97 Å². The van der Waals surface area contributed by atoms with Crippen molar-refractivity contribution in [3.63, 3.8) is 0 Å². The second kappa shape index (κ2) is 5.27. The zero-order valence-corrected chi connectivity index (χ0v) is 10.2. The summed E-state index contributed by atoms with van der Waals surface area (Å²) in [4.78, 5) is 8.60. The van der Waals surface area contributed by atoms with Gasteiger partial charge in [0.05, 0.1) is 5.95 Å². The smallest absolute Gasteiger partial charge is 0.188 e. The maximum atomic E-state index is 4.44. The zero-order chi connectivity index (χ0) is 12.9. The Labute approximate surface area is 111 Å². The number of aromatic nitrogens is 3. The highest BCUT2D eigenvalue weighted by Crippen LogP contribution is 2.18. The summed E-state index contributed by atoms with van der Waals surface area (Å²) in [6.45, 7) is 0. The average Bonchev–Trinajstić information content (AvgIpc) is 2.49. The Kier molecular flexibility index (Phi) is 3.14. The van der Waals surface area contributed by atoms with Crippen LogP contribution >= 0.6 is 0 Å². The minimum atomic E-state index is 0.442. The summed E-state index contributed by atoms with van der Waals surface area (Å²) >= 11 is 0. The highest BCUT2D eigenvalue weighted by atomic mass is 15.4. The van der Waals surface area contributed by atoms with Gasteiger partial charge in [0.25, 0.3) is 0 Å². The highest BCUT2D eigenvalue weighted by molar-refractivity contribution is 5.59. The molecule has 0 aliphatic heterocycles. The first-order chi connectivity index (χ1) is 9.42. The van der Waals surface area contributed by atoms with Gasteiger partial charge in [0.15, 0.2) is 12.4 Å². The normalized spacial score (nSPS) is 10.1. The molecule has 0 aliphatic rings. The Morgan fingerprint density at radius 2 is 1.58 bits per heavy atom. The fourth-order valence-electron chi connectivity index (χ4n) is 1.73. The van der Waals surface area contributed by atoms with Gasteiger partial charge < -0.3 is 9.97 Å². The first-order valence-corrected chi connectivity index (χ1v) is 5.99. The van der Waals surface area contributed by atoms with Gasteiger partial charge in [-0.1, -0.05) is 36.4 Å². The number of nitrogens with zero attached hydrogens (tertiary/aromatic N) is 4. The molecule has 19 heavy (non-hydrogen) atoms. The number of benzene rings is 1. The van der Waals surface area contributed by atoms with Crippen LogP contribution in [0.15, 0.2) is 73.2 Å². The van der Waals surface area contributed by atoms with Gasteiger partial charge in [0.1, 0.15) is 0 Å². The van der Waals surface area contributed by atoms with Crippen LogP contribution in [0.25, 0.3) is 16.7 Å². The van der Waals surface area contributed by atoms with Gasteiger partial charge in [-0.05, 0) is 17.8 Å². The predicted octanol–water partition coefficient (Wildman–Crippen LogP) is 2.90. The highest BCUT2D eigenvalue weighted by Gasteiger charge is 1.98. The monoisotopic (exact) mass is 248 g/mol. The van der Waals surface area contributed by atoms with Gasteiger partial charge in [0.2, 0.25) is 0 Å². The molecule has 0 aliphatic carbocycles. The van der Waals surface area contributed by atoms with Crippen LogP contribution in [0.1, 0.15) is 0 Å². The summed E-state index contributed by atoms with van der Waals surface area (Å²) < 4.78 is 1.68. The summed E-state index contributed by atoms with van der Waals surface area (Å²) in [6, 6.07) is 17.6. The van der Waals surface area contributed by atoms with Crippen molar-refractivity contribution >= 4 is 5.95 Å². The Morgan fingerprint density at radius 1 is 0.842 bits per heavy atom. The van der Waals surface area contributed by atoms with E-state index in [-0.39, 0.29) is 0 Å². The van der Waals surface area contributed by atoms with Crippen LogP contribution in [0.2, 0.25) is 0 Å². The van der Waals surface area contributed by atoms with E-state index in [4.69, 9.17) is 0 Å². The van der Waals surface area contributed by atoms with E-state index in [9.17, 15) is 0 Å². The first-order valence-electron chi connectivity index (χ1n) is 5.99. The summed E-state index contributed by atoms with van der Waals surface area (Å²) in [5.41, 5.74) is 6.24. The van der Waals surface area contributed by atoms with E-state index < -0.39 is 0 Å². The molecule has 3 aromatic rings. The van der Waals surface area contributed by atoms with Crippen LogP contribution in [-0.2, 0) is 0 Å². The van der Waals surface area contributed by atoms with Gasteiger partial charge in [-0.3, -0.25) is 0 Å². The number of hydrogen-bond donors (Lipinski definition) is 0. The average molecular weight is 248 g/mol. The number of hydrogen-bond acceptors (Lipinski definition) is 2. The lowest BCUT2D eigenvalue weighted by molar-refractivity contribution is -0.619. The molecule has 0 radical (unpaired) electrons. The quantitative estimate of drug-likeness (QED) is 0.669. The van der Waals surface area contributed by atoms with E-state index in [2.05, 4.69) is 15.4 Å². The van der Waals surface area contributed by atoms with E-state index >= 15 is 0 Å². The predicted molar refractivity (Wildman–Crippen MR) is 72.5 cm³/mol. The molecule has 0 atom stereocenters. The first kappa shape index (κ1) is 11.3. The molecule has 0 N–H and O–H groups in total. The van der Waals surface area contributed by atoms with Crippen LogP contribution < -0.4 is 4.68 Å². The summed E-state index contributed by atoms with van der Waals surface area (Å²) in [5.74, 6) is 0.442. The molecule has 3 rings (SSSR count). The van der Waals surface area contributed by atoms with Crippen molar-refractivity contribution in [1.82, 2.24) is 9.97 Å². The lowest BCUT2D eigenvalue weighted by Gasteiger charge is -2.09. The lowest BCUT2D eigenvalue weighted by Crippen LogP contribution is -2.26. The van der Waals surface area contributed by atoms with Crippen LogP contribution in [0.3, 0.4) is 0 Å². The van der Waals surface area contributed by atoms with Crippen molar-refractivity contribution in [2.24, 2.45) is 0 Å². The van der Waals surface area contributed by atoms with Crippen molar-refractivity contribution in [3.05, 3.63) is 78.6 Å². The fourth-order valence-corrected chi connectivity index (χ4v) is 1.73. The second-order valence-corrected chi connectivity index (χ2v) is 3.96. The standard InChI is InChI=1S/C15H12N4/c1-3-7-13(8-4-1)14-9-10-16-15(17-14)18-19-11-5-2-6-12-19/h1-12H. The number of rotatable bonds is 3. The summed E-state index contributed by atoms with van der Waals surface area (Å²) in [6.07, 6.45) is 5.41. The maximum absolute atomic E-state index is 4.44. The molecule has 0 saturated heterocycles. The third-order valence-corrected chi connectivity index (χ3v) is 2.62. The molecule has 4 nitrogen and oxygen atoms in total. The molecule has 0 unspecified atom stereocenters. The maximum Gasteiger partial charge on any atom is 0.188 e. The Balaban J connectivity index is 1.89. The van der Waals surface area contributed by atoms with E-state index in [0.29, 0.717) is 5.95 Å². The SMILES string of the molecule is c1ccc(-c2ccnc([N-][n+]3ccccc3)n2)cc1. The fraction of sp³-hybridized carbons (Fsp3) is 0. The van der Waals surface area contributed by atoms with Crippen molar-refractivity contribution in [1.29, 1.82) is 0 Å². The summed E-state index contributed by atoms with van der Waals surface area (Å²) in [5, 5.41) is 0. The minimum absolute atomic E-state index is 0.442. The van der Waals surface area contributed by atoms with E-state index in [1.807, 2.05) is 67.0 Å². The zero-order valence-electron chi connectivity index (χ0n) is 10.2. The molecule has 0 spiro atoms. The molecular formula is C15H12N4. The van der Waals surface area contributed by atoms with Gasteiger partial charge in [-0.2, -0.15) is 0 Å². The third-order valence-electron chi connectivity index (χ3n) is 2.62. The van der Waals surface area contributed by atoms with Crippen LogP contribution in [0, 0.1) is 0 Å². The Morgan fingerprint density at radius 3 is 2.37 bits per heavy atom. The van der Waals surface area contributed by atoms with Gasteiger partial charge in [-0.25, -0.2) is 0 Å². The largest absolute Gasteiger partial charge is 0.362 e. The Bertz CT molecular complexity index is 653. The third kappa shape index (κ3) is 2.74. The second-order valence-electron chi connectivity index (χ2n) is 3.96. The molecule has 92 valence electrons. The van der Waals surface area contributed by atoms with Crippen molar-refractivity contribution in [3.8, 4) is 11.3 Å². The number of pyridine rings is 1. The van der Waals surface area contributed by atoms with E-state index in [1.54, 1.807) is 10.9 Å². The van der Waals surface area contributed by atoms with Crippen molar-refractivity contribution < 1.29 is 4.68 Å². The topological polar surface area (TPSA) is 43.8 Å². The van der Waals surface area contributed by atoms with Crippen molar-refractivity contribution in [2.45, 2.75) is 0 Å². The molecule has 4 heteroatoms. The van der Waals surface area contributed by atoms with Gasteiger partial charge >= 0.3 is 0 Å². The summed E-state index contributed by atoms with van der Waals surface area (Å²) in [7, 11) is 0. The molecule has 0 fully saturated rings. The van der Waals surface area contributed by atoms with Crippen LogP contribution in [0.4, 0.5) is 5.95 Å². The Hall–Kier alpha value is -2.75. The molecule has 2 heterocycles. The van der Waals surface area contributed by atoms with Crippen molar-refractivity contribution in [2.75, 3.05) is 0 Å². The van der Waals surface area contributed by atoms with E-state index in [1.165, 1.54) is 0 Å².